The normalized spacial score (nSPS) is 15.8. The molecule has 0 aromatic heterocycles. The average molecular weight is 441 g/mol. The van der Waals surface area contributed by atoms with Gasteiger partial charge in [0.15, 0.2) is 0 Å². The molecule has 1 atom stereocenters. The van der Waals surface area contributed by atoms with Crippen molar-refractivity contribution < 1.29 is 13.2 Å². The number of amides is 1. The van der Waals surface area contributed by atoms with Crippen LogP contribution in [0.5, 0.6) is 0 Å². The fourth-order valence-electron chi connectivity index (χ4n) is 3.66. The standard InChI is InChI=1S/C23H21ClN2O3S/c24-18-10-14-20(15-11-18)30(28,29)26-19-12-8-17(9-13-19)23(27)25-22-7-3-5-16-4-1-2-6-21(16)22/h1-2,4,6,8-15,22,26H,3,5,7H2,(H,25,27)/t22-/m1/s1. The Morgan fingerprint density at radius 1 is 0.933 bits per heavy atom. The second kappa shape index (κ2) is 8.50. The number of hydrogen-bond acceptors (Lipinski definition) is 3. The van der Waals surface area contributed by atoms with Crippen molar-refractivity contribution >= 4 is 33.2 Å². The van der Waals surface area contributed by atoms with Gasteiger partial charge in [0.25, 0.3) is 15.9 Å². The predicted octanol–water partition coefficient (Wildman–Crippen LogP) is 4.95. The van der Waals surface area contributed by atoms with Gasteiger partial charge in [-0.2, -0.15) is 0 Å². The molecule has 2 N–H and O–H groups in total. The van der Waals surface area contributed by atoms with E-state index in [1.807, 2.05) is 12.1 Å². The molecule has 30 heavy (non-hydrogen) atoms. The van der Waals surface area contributed by atoms with E-state index in [0.29, 0.717) is 16.3 Å². The van der Waals surface area contributed by atoms with E-state index in [1.54, 1.807) is 24.3 Å². The summed E-state index contributed by atoms with van der Waals surface area (Å²) in [5, 5.41) is 3.56. The number of carbonyl (C=O) groups excluding carboxylic acids is 1. The van der Waals surface area contributed by atoms with E-state index in [4.69, 9.17) is 11.6 Å². The van der Waals surface area contributed by atoms with Crippen LogP contribution in [-0.2, 0) is 16.4 Å². The molecule has 3 aromatic carbocycles. The van der Waals surface area contributed by atoms with Crippen molar-refractivity contribution in [2.75, 3.05) is 4.72 Å². The smallest absolute Gasteiger partial charge is 0.261 e. The third-order valence-electron chi connectivity index (χ3n) is 5.20. The minimum atomic E-state index is -3.73. The molecule has 0 fully saturated rings. The minimum Gasteiger partial charge on any atom is -0.345 e. The van der Waals surface area contributed by atoms with Gasteiger partial charge in [0.2, 0.25) is 0 Å². The zero-order chi connectivity index (χ0) is 21.1. The van der Waals surface area contributed by atoms with Gasteiger partial charge < -0.3 is 5.32 Å². The van der Waals surface area contributed by atoms with Gasteiger partial charge in [-0.05, 0) is 78.9 Å². The Hall–Kier alpha value is -2.83. The number of carbonyl (C=O) groups is 1. The minimum absolute atomic E-state index is 0.00876. The highest BCUT2D eigenvalue weighted by atomic mass is 35.5. The molecule has 7 heteroatoms. The maximum Gasteiger partial charge on any atom is 0.261 e. The molecule has 0 unspecified atom stereocenters. The van der Waals surface area contributed by atoms with Gasteiger partial charge in [-0.25, -0.2) is 8.42 Å². The van der Waals surface area contributed by atoms with Gasteiger partial charge in [-0.3, -0.25) is 9.52 Å². The zero-order valence-electron chi connectivity index (χ0n) is 16.1. The lowest BCUT2D eigenvalue weighted by molar-refractivity contribution is 0.0933. The third-order valence-corrected chi connectivity index (χ3v) is 6.85. The van der Waals surface area contributed by atoms with Gasteiger partial charge in [0.05, 0.1) is 10.9 Å². The van der Waals surface area contributed by atoms with Crippen LogP contribution in [0.4, 0.5) is 5.69 Å². The first-order valence-corrected chi connectivity index (χ1v) is 11.6. The summed E-state index contributed by atoms with van der Waals surface area (Å²) < 4.78 is 27.5. The maximum atomic E-state index is 12.7. The number of hydrogen-bond donors (Lipinski definition) is 2. The largest absolute Gasteiger partial charge is 0.345 e. The number of benzene rings is 3. The van der Waals surface area contributed by atoms with Crippen molar-refractivity contribution in [3.63, 3.8) is 0 Å². The molecule has 0 heterocycles. The topological polar surface area (TPSA) is 75.3 Å². The van der Waals surface area contributed by atoms with Crippen LogP contribution < -0.4 is 10.0 Å². The van der Waals surface area contributed by atoms with Crippen LogP contribution in [0, 0.1) is 0 Å². The highest BCUT2D eigenvalue weighted by Gasteiger charge is 2.22. The fourth-order valence-corrected chi connectivity index (χ4v) is 4.85. The number of aryl methyl sites for hydroxylation is 1. The summed E-state index contributed by atoms with van der Waals surface area (Å²) in [6.45, 7) is 0. The quantitative estimate of drug-likeness (QED) is 0.589. The van der Waals surface area contributed by atoms with Crippen LogP contribution >= 0.6 is 11.6 Å². The Morgan fingerprint density at radius 2 is 1.63 bits per heavy atom. The second-order valence-corrected chi connectivity index (χ2v) is 9.37. The zero-order valence-corrected chi connectivity index (χ0v) is 17.7. The van der Waals surface area contributed by atoms with Gasteiger partial charge in [0, 0.05) is 16.3 Å². The molecule has 0 saturated heterocycles. The van der Waals surface area contributed by atoms with E-state index >= 15 is 0 Å². The Labute approximate surface area is 181 Å². The highest BCUT2D eigenvalue weighted by molar-refractivity contribution is 7.92. The molecule has 154 valence electrons. The van der Waals surface area contributed by atoms with Gasteiger partial charge in [0.1, 0.15) is 0 Å². The van der Waals surface area contributed by atoms with Crippen LogP contribution in [0.25, 0.3) is 0 Å². The molecule has 4 rings (SSSR count). The third kappa shape index (κ3) is 4.50. The van der Waals surface area contributed by atoms with Crippen LogP contribution in [0.2, 0.25) is 5.02 Å². The van der Waals surface area contributed by atoms with Crippen molar-refractivity contribution in [3.05, 3.63) is 94.5 Å². The Bertz CT molecular complexity index is 1160. The van der Waals surface area contributed by atoms with Crippen molar-refractivity contribution in [3.8, 4) is 0 Å². The Balaban J connectivity index is 1.45. The molecule has 0 radical (unpaired) electrons. The molecule has 1 amide bonds. The van der Waals surface area contributed by atoms with Gasteiger partial charge >= 0.3 is 0 Å². The van der Waals surface area contributed by atoms with Crippen LogP contribution in [0.15, 0.2) is 77.7 Å². The van der Waals surface area contributed by atoms with Crippen LogP contribution in [-0.4, -0.2) is 14.3 Å². The molecular formula is C23H21ClN2O3S. The summed E-state index contributed by atoms with van der Waals surface area (Å²) in [6, 6.07) is 20.5. The van der Waals surface area contributed by atoms with Gasteiger partial charge in [-0.1, -0.05) is 35.9 Å². The lowest BCUT2D eigenvalue weighted by Crippen LogP contribution is -2.30. The molecule has 0 aliphatic heterocycles. The van der Waals surface area contributed by atoms with E-state index in [2.05, 4.69) is 22.2 Å². The van der Waals surface area contributed by atoms with Crippen LogP contribution in [0.1, 0.15) is 40.4 Å². The van der Waals surface area contributed by atoms with Crippen molar-refractivity contribution in [1.82, 2.24) is 5.32 Å². The lowest BCUT2D eigenvalue weighted by Gasteiger charge is -2.26. The summed E-state index contributed by atoms with van der Waals surface area (Å²) in [7, 11) is -3.73. The Kier molecular flexibility index (Phi) is 5.79. The molecule has 1 aliphatic carbocycles. The second-order valence-electron chi connectivity index (χ2n) is 7.25. The number of halogens is 1. The number of fused-ring (bicyclic) bond motifs is 1. The van der Waals surface area contributed by atoms with Gasteiger partial charge in [-0.15, -0.1) is 0 Å². The summed E-state index contributed by atoms with van der Waals surface area (Å²) in [6.07, 6.45) is 2.97. The molecule has 5 nitrogen and oxygen atoms in total. The Morgan fingerprint density at radius 3 is 2.37 bits per heavy atom. The van der Waals surface area contributed by atoms with Crippen LogP contribution in [0.3, 0.4) is 0 Å². The molecule has 0 saturated carbocycles. The average Bonchev–Trinajstić information content (AvgIpc) is 2.74. The monoisotopic (exact) mass is 440 g/mol. The summed E-state index contributed by atoms with van der Waals surface area (Å²) >= 11 is 5.81. The summed E-state index contributed by atoms with van der Waals surface area (Å²) in [5.74, 6) is -0.177. The SMILES string of the molecule is O=C(N[C@@H]1CCCc2ccccc21)c1ccc(NS(=O)(=O)c2ccc(Cl)cc2)cc1. The lowest BCUT2D eigenvalue weighted by atomic mass is 9.87. The summed E-state index contributed by atoms with van der Waals surface area (Å²) in [4.78, 5) is 12.8. The van der Waals surface area contributed by atoms with E-state index in [0.717, 1.165) is 19.3 Å². The number of sulfonamides is 1. The van der Waals surface area contributed by atoms with Crippen molar-refractivity contribution in [2.24, 2.45) is 0 Å². The first-order chi connectivity index (χ1) is 14.4. The first-order valence-electron chi connectivity index (χ1n) is 9.69. The van der Waals surface area contributed by atoms with E-state index < -0.39 is 10.0 Å². The fraction of sp³-hybridized carbons (Fsp3) is 0.174. The molecule has 0 bridgehead atoms. The van der Waals surface area contributed by atoms with E-state index in [-0.39, 0.29) is 16.8 Å². The van der Waals surface area contributed by atoms with Crippen molar-refractivity contribution in [2.45, 2.75) is 30.2 Å². The van der Waals surface area contributed by atoms with E-state index in [9.17, 15) is 13.2 Å². The van der Waals surface area contributed by atoms with E-state index in [1.165, 1.54) is 35.4 Å². The number of rotatable bonds is 5. The number of anilines is 1. The molecule has 3 aromatic rings. The molecule has 0 spiro atoms. The molecule has 1 aliphatic rings. The first kappa shape index (κ1) is 20.4. The number of nitrogens with one attached hydrogen (secondary N) is 2. The predicted molar refractivity (Wildman–Crippen MR) is 118 cm³/mol. The van der Waals surface area contributed by atoms with Crippen molar-refractivity contribution in [1.29, 1.82) is 0 Å². The molecular weight excluding hydrogens is 420 g/mol. The highest BCUT2D eigenvalue weighted by Crippen LogP contribution is 2.29. The summed E-state index contributed by atoms with van der Waals surface area (Å²) in [5.41, 5.74) is 3.31. The maximum absolute atomic E-state index is 12.7.